The number of methoxy groups -OCH3 is 1. The van der Waals surface area contributed by atoms with E-state index in [0.717, 1.165) is 12.3 Å². The van der Waals surface area contributed by atoms with Crippen molar-refractivity contribution >= 4 is 27.6 Å². The molecule has 116 valence electrons. The summed E-state index contributed by atoms with van der Waals surface area (Å²) in [5, 5.41) is -0.180. The van der Waals surface area contributed by atoms with Gasteiger partial charge in [-0.05, 0) is 18.9 Å². The number of carbonyl (C=O) groups excluding carboxylic acids is 1. The number of esters is 1. The highest BCUT2D eigenvalue weighted by molar-refractivity contribution is 7.89. The predicted molar refractivity (Wildman–Crippen MR) is 75.6 cm³/mol. The fraction of sp³-hybridized carbons (Fsp3) is 0.500. The van der Waals surface area contributed by atoms with Crippen LogP contribution in [0.15, 0.2) is 22.0 Å². The van der Waals surface area contributed by atoms with Crippen LogP contribution in [0.3, 0.4) is 0 Å². The largest absolute Gasteiger partial charge is 0.469 e. The number of sulfonamides is 1. The Labute approximate surface area is 126 Å². The van der Waals surface area contributed by atoms with E-state index < -0.39 is 15.6 Å². The highest BCUT2D eigenvalue weighted by Crippen LogP contribution is 2.24. The number of H-pyrrole nitrogens is 1. The second-order valence-corrected chi connectivity index (χ2v) is 7.06. The summed E-state index contributed by atoms with van der Waals surface area (Å²) in [6.07, 6.45) is 1.93. The van der Waals surface area contributed by atoms with Crippen LogP contribution in [0.2, 0.25) is 5.02 Å². The third-order valence-electron chi connectivity index (χ3n) is 3.46. The molecular formula is C12H15ClN2O5S. The zero-order valence-corrected chi connectivity index (χ0v) is 12.9. The number of carbonyl (C=O) groups is 1. The first-order valence-electron chi connectivity index (χ1n) is 6.32. The summed E-state index contributed by atoms with van der Waals surface area (Å²) >= 11 is 5.65. The van der Waals surface area contributed by atoms with Crippen LogP contribution in [-0.4, -0.2) is 43.9 Å². The van der Waals surface area contributed by atoms with Crippen molar-refractivity contribution in [1.82, 2.24) is 9.29 Å². The Hall–Kier alpha value is -1.38. The van der Waals surface area contributed by atoms with E-state index >= 15 is 0 Å². The molecule has 0 atom stereocenters. The molecule has 7 nitrogen and oxygen atoms in total. The molecule has 1 aromatic heterocycles. The van der Waals surface area contributed by atoms with E-state index in [0.29, 0.717) is 12.8 Å². The Morgan fingerprint density at radius 3 is 2.57 bits per heavy atom. The summed E-state index contributed by atoms with van der Waals surface area (Å²) in [5.41, 5.74) is -0.542. The van der Waals surface area contributed by atoms with E-state index in [1.54, 1.807) is 0 Å². The molecule has 0 unspecified atom stereocenters. The Kier molecular flexibility index (Phi) is 4.70. The molecule has 1 aliphatic rings. The number of hydrogen-bond donors (Lipinski definition) is 1. The maximum Gasteiger partial charge on any atom is 0.308 e. The molecule has 1 saturated heterocycles. The lowest BCUT2D eigenvalue weighted by Crippen LogP contribution is -2.40. The molecule has 0 aromatic carbocycles. The third-order valence-corrected chi connectivity index (χ3v) is 5.61. The van der Waals surface area contributed by atoms with Crippen LogP contribution < -0.4 is 5.56 Å². The second kappa shape index (κ2) is 6.17. The molecule has 2 heterocycles. The molecule has 0 spiro atoms. The first kappa shape index (κ1) is 16.0. The van der Waals surface area contributed by atoms with Crippen molar-refractivity contribution in [2.45, 2.75) is 17.7 Å². The number of pyridine rings is 1. The van der Waals surface area contributed by atoms with Gasteiger partial charge in [0.2, 0.25) is 10.0 Å². The van der Waals surface area contributed by atoms with E-state index in [2.05, 4.69) is 9.72 Å². The zero-order chi connectivity index (χ0) is 15.6. The molecule has 9 heteroatoms. The van der Waals surface area contributed by atoms with E-state index in [9.17, 15) is 18.0 Å². The van der Waals surface area contributed by atoms with Gasteiger partial charge >= 0.3 is 5.97 Å². The number of ether oxygens (including phenoxy) is 1. The Morgan fingerprint density at radius 1 is 1.43 bits per heavy atom. The Bertz CT molecular complexity index is 692. The average Bonchev–Trinajstić information content (AvgIpc) is 2.49. The topological polar surface area (TPSA) is 96.5 Å². The minimum atomic E-state index is -3.73. The summed E-state index contributed by atoms with van der Waals surface area (Å²) in [6, 6.07) is 1.13. The summed E-state index contributed by atoms with van der Waals surface area (Å²) in [4.78, 5) is 24.8. The first-order valence-corrected chi connectivity index (χ1v) is 8.14. The van der Waals surface area contributed by atoms with Crippen LogP contribution in [0, 0.1) is 5.92 Å². The summed E-state index contributed by atoms with van der Waals surface area (Å²) < 4.78 is 30.8. The van der Waals surface area contributed by atoms with E-state index in [4.69, 9.17) is 11.6 Å². The lowest BCUT2D eigenvalue weighted by molar-refractivity contribution is -0.146. The number of aromatic nitrogens is 1. The van der Waals surface area contributed by atoms with Gasteiger partial charge in [-0.25, -0.2) is 8.42 Å². The van der Waals surface area contributed by atoms with Gasteiger partial charge in [0.25, 0.3) is 5.56 Å². The quantitative estimate of drug-likeness (QED) is 0.817. The molecule has 0 radical (unpaired) electrons. The summed E-state index contributed by atoms with van der Waals surface area (Å²) in [5.74, 6) is -0.597. The van der Waals surface area contributed by atoms with Crippen LogP contribution in [0.5, 0.6) is 0 Å². The Morgan fingerprint density at radius 2 is 2.05 bits per heavy atom. The highest BCUT2D eigenvalue weighted by atomic mass is 35.5. The molecule has 1 N–H and O–H groups in total. The number of aromatic amines is 1. The second-order valence-electron chi connectivity index (χ2n) is 4.71. The number of rotatable bonds is 3. The molecule has 1 fully saturated rings. The molecule has 0 amide bonds. The minimum absolute atomic E-state index is 0.0661. The molecule has 2 rings (SSSR count). The van der Waals surface area contributed by atoms with E-state index in [-0.39, 0.29) is 34.9 Å². The van der Waals surface area contributed by atoms with Crippen molar-refractivity contribution in [1.29, 1.82) is 0 Å². The number of nitrogens with one attached hydrogen (secondary N) is 1. The van der Waals surface area contributed by atoms with Gasteiger partial charge < -0.3 is 9.72 Å². The van der Waals surface area contributed by atoms with Gasteiger partial charge in [0, 0.05) is 19.3 Å². The van der Waals surface area contributed by atoms with E-state index in [1.165, 1.54) is 11.4 Å². The van der Waals surface area contributed by atoms with Crippen LogP contribution >= 0.6 is 11.6 Å². The smallest absolute Gasteiger partial charge is 0.308 e. The van der Waals surface area contributed by atoms with Gasteiger partial charge in [0.1, 0.15) is 5.02 Å². The van der Waals surface area contributed by atoms with Crippen molar-refractivity contribution in [2.24, 2.45) is 5.92 Å². The number of hydrogen-bond acceptors (Lipinski definition) is 5. The lowest BCUT2D eigenvalue weighted by atomic mass is 9.99. The normalized spacial score (nSPS) is 17.6. The van der Waals surface area contributed by atoms with Gasteiger partial charge in [-0.2, -0.15) is 4.31 Å². The highest BCUT2D eigenvalue weighted by Gasteiger charge is 2.32. The fourth-order valence-corrected chi connectivity index (χ4v) is 3.94. The van der Waals surface area contributed by atoms with Gasteiger partial charge in [-0.15, -0.1) is 0 Å². The number of nitrogens with zero attached hydrogens (tertiary/aromatic N) is 1. The summed E-state index contributed by atoms with van der Waals surface area (Å²) in [7, 11) is -2.42. The average molecular weight is 335 g/mol. The van der Waals surface area contributed by atoms with Crippen molar-refractivity contribution in [3.05, 3.63) is 27.6 Å². The maximum atomic E-state index is 12.4. The standard InChI is InChI=1S/C12H15ClN2O5S/c1-20-12(17)8-2-4-15(5-3-8)21(18,19)9-6-10(13)11(16)14-7-9/h6-8H,2-5H2,1H3,(H,14,16). The molecule has 0 bridgehead atoms. The fourth-order valence-electron chi connectivity index (χ4n) is 2.23. The lowest BCUT2D eigenvalue weighted by Gasteiger charge is -2.29. The third kappa shape index (κ3) is 3.28. The van der Waals surface area contributed by atoms with Crippen molar-refractivity contribution in [2.75, 3.05) is 20.2 Å². The molecule has 21 heavy (non-hydrogen) atoms. The van der Waals surface area contributed by atoms with Gasteiger partial charge in [0.15, 0.2) is 0 Å². The van der Waals surface area contributed by atoms with Crippen LogP contribution in [0.4, 0.5) is 0 Å². The van der Waals surface area contributed by atoms with Crippen LogP contribution in [-0.2, 0) is 19.6 Å². The molecular weight excluding hydrogens is 320 g/mol. The maximum absolute atomic E-state index is 12.4. The molecule has 1 aliphatic heterocycles. The SMILES string of the molecule is COC(=O)C1CCN(S(=O)(=O)c2c[nH]c(=O)c(Cl)c2)CC1. The molecule has 0 saturated carbocycles. The molecule has 0 aliphatic carbocycles. The monoisotopic (exact) mass is 334 g/mol. The van der Waals surface area contributed by atoms with Crippen LogP contribution in [0.25, 0.3) is 0 Å². The Balaban J connectivity index is 2.16. The zero-order valence-electron chi connectivity index (χ0n) is 11.3. The molecule has 1 aromatic rings. The minimum Gasteiger partial charge on any atom is -0.469 e. The van der Waals surface area contributed by atoms with Gasteiger partial charge in [-0.3, -0.25) is 9.59 Å². The number of halogens is 1. The van der Waals surface area contributed by atoms with Crippen LogP contribution in [0.1, 0.15) is 12.8 Å². The summed E-state index contributed by atoms with van der Waals surface area (Å²) in [6.45, 7) is 0.442. The van der Waals surface area contributed by atoms with Crippen molar-refractivity contribution < 1.29 is 17.9 Å². The number of piperidine rings is 1. The first-order chi connectivity index (χ1) is 9.86. The van der Waals surface area contributed by atoms with Crippen molar-refractivity contribution in [3.63, 3.8) is 0 Å². The van der Waals surface area contributed by atoms with Gasteiger partial charge in [0.05, 0.1) is 17.9 Å². The van der Waals surface area contributed by atoms with Gasteiger partial charge in [-0.1, -0.05) is 11.6 Å². The van der Waals surface area contributed by atoms with E-state index in [1.807, 2.05) is 0 Å². The van der Waals surface area contributed by atoms with Crippen molar-refractivity contribution in [3.8, 4) is 0 Å². The predicted octanol–water partition coefficient (Wildman–Crippen LogP) is 0.602.